The minimum absolute atomic E-state index is 0.0516. The number of nitrogens with two attached hydrogens (primary N) is 1. The fraction of sp³-hybridized carbons (Fsp3) is 0.433. The molecular formula is C30H34F3N5O3. The van der Waals surface area contributed by atoms with Crippen molar-refractivity contribution < 1.29 is 27.8 Å². The number of carboxylic acid groups (broad SMARTS) is 1. The highest BCUT2D eigenvalue weighted by Crippen LogP contribution is 2.41. The number of nitrogen functional groups attached to an aromatic ring is 1. The van der Waals surface area contributed by atoms with E-state index >= 15 is 0 Å². The Kier molecular flexibility index (Phi) is 8.08. The van der Waals surface area contributed by atoms with Crippen molar-refractivity contribution in [1.82, 2.24) is 15.3 Å². The lowest BCUT2D eigenvalue weighted by Crippen LogP contribution is -2.41. The van der Waals surface area contributed by atoms with Gasteiger partial charge in [0.05, 0.1) is 0 Å². The molecule has 2 fully saturated rings. The molecule has 0 radical (unpaired) electrons. The second-order valence-corrected chi connectivity index (χ2v) is 11.0. The van der Waals surface area contributed by atoms with Crippen LogP contribution in [0.3, 0.4) is 0 Å². The monoisotopic (exact) mass is 569 g/mol. The summed E-state index contributed by atoms with van der Waals surface area (Å²) in [6, 6.07) is 15.0. The van der Waals surface area contributed by atoms with Crippen LogP contribution in [0.15, 0.2) is 54.6 Å². The van der Waals surface area contributed by atoms with E-state index in [-0.39, 0.29) is 22.8 Å². The predicted octanol–water partition coefficient (Wildman–Crippen LogP) is 5.39. The summed E-state index contributed by atoms with van der Waals surface area (Å²) in [5.41, 5.74) is 8.65. The van der Waals surface area contributed by atoms with E-state index in [1.54, 1.807) is 12.1 Å². The predicted molar refractivity (Wildman–Crippen MR) is 150 cm³/mol. The zero-order chi connectivity index (χ0) is 29.2. The van der Waals surface area contributed by atoms with Crippen LogP contribution >= 0.6 is 0 Å². The summed E-state index contributed by atoms with van der Waals surface area (Å²) >= 11 is 0. The van der Waals surface area contributed by atoms with Crippen LogP contribution in [-0.4, -0.2) is 52.9 Å². The Morgan fingerprint density at radius 2 is 1.76 bits per heavy atom. The lowest BCUT2D eigenvalue weighted by Gasteiger charge is -2.39. The average Bonchev–Trinajstić information content (AvgIpc) is 3.36. The van der Waals surface area contributed by atoms with Gasteiger partial charge in [0, 0.05) is 31.3 Å². The van der Waals surface area contributed by atoms with Crippen molar-refractivity contribution in [2.75, 3.05) is 30.3 Å². The third-order valence-electron chi connectivity index (χ3n) is 8.09. The molecule has 0 unspecified atom stereocenters. The molecule has 4 N–H and O–H groups in total. The maximum absolute atomic E-state index is 14.2. The topological polar surface area (TPSA) is 114 Å². The molecule has 1 spiro atoms. The Hall–Kier alpha value is -3.86. The van der Waals surface area contributed by atoms with Gasteiger partial charge in [-0.15, -0.1) is 0 Å². The average molecular weight is 570 g/mol. The molecule has 0 bridgehead atoms. The van der Waals surface area contributed by atoms with Crippen LogP contribution in [0.1, 0.15) is 49.8 Å². The molecule has 0 aliphatic carbocycles. The van der Waals surface area contributed by atoms with Crippen LogP contribution in [0.5, 0.6) is 5.88 Å². The van der Waals surface area contributed by atoms with Gasteiger partial charge in [0.15, 0.2) is 0 Å². The number of ether oxygens (including phenoxy) is 1. The third-order valence-corrected chi connectivity index (χ3v) is 8.09. The maximum atomic E-state index is 14.2. The summed E-state index contributed by atoms with van der Waals surface area (Å²) in [6.45, 7) is 3.85. The van der Waals surface area contributed by atoms with Gasteiger partial charge in [-0.3, -0.25) is 4.79 Å². The Labute approximate surface area is 236 Å². The van der Waals surface area contributed by atoms with E-state index in [1.807, 2.05) is 29.2 Å². The lowest BCUT2D eigenvalue weighted by molar-refractivity contribution is -0.198. The Bertz CT molecular complexity index is 1360. The number of rotatable bonds is 8. The number of alkyl halides is 3. The second-order valence-electron chi connectivity index (χ2n) is 11.0. The molecule has 2 aromatic carbocycles. The molecule has 218 valence electrons. The number of nitrogens with zero attached hydrogens (tertiary/aromatic N) is 3. The van der Waals surface area contributed by atoms with E-state index < -0.39 is 24.3 Å². The number of carbonyl (C=O) groups is 1. The summed E-state index contributed by atoms with van der Waals surface area (Å²) in [5, 5.41) is 12.4. The molecule has 3 heterocycles. The minimum atomic E-state index is -4.70. The van der Waals surface area contributed by atoms with E-state index in [0.29, 0.717) is 31.9 Å². The first-order valence-electron chi connectivity index (χ1n) is 13.8. The van der Waals surface area contributed by atoms with Gasteiger partial charge in [0.1, 0.15) is 11.9 Å². The van der Waals surface area contributed by atoms with Crippen molar-refractivity contribution in [3.05, 3.63) is 65.7 Å². The molecule has 5 rings (SSSR count). The number of anilines is 2. The van der Waals surface area contributed by atoms with Crippen molar-refractivity contribution in [3.63, 3.8) is 0 Å². The number of halogens is 3. The summed E-state index contributed by atoms with van der Waals surface area (Å²) in [5.74, 6) is -0.927. The fourth-order valence-corrected chi connectivity index (χ4v) is 5.78. The van der Waals surface area contributed by atoms with Gasteiger partial charge >= 0.3 is 12.1 Å². The first kappa shape index (κ1) is 28.7. The van der Waals surface area contributed by atoms with Gasteiger partial charge in [-0.25, -0.2) is 0 Å². The van der Waals surface area contributed by atoms with E-state index in [0.717, 1.165) is 36.8 Å². The fourth-order valence-electron chi connectivity index (χ4n) is 5.78. The first-order valence-corrected chi connectivity index (χ1v) is 13.8. The summed E-state index contributed by atoms with van der Waals surface area (Å²) in [7, 11) is 0. The van der Waals surface area contributed by atoms with Gasteiger partial charge in [-0.05, 0) is 47.8 Å². The molecule has 2 aliphatic heterocycles. The molecule has 0 saturated carbocycles. The molecule has 8 nitrogen and oxygen atoms in total. The van der Waals surface area contributed by atoms with Crippen molar-refractivity contribution >= 4 is 17.7 Å². The minimum Gasteiger partial charge on any atom is -0.480 e. The van der Waals surface area contributed by atoms with Crippen LogP contribution in [0.4, 0.5) is 24.9 Å². The maximum Gasteiger partial charge on any atom is 0.429 e. The molecule has 11 heteroatoms. The first-order chi connectivity index (χ1) is 19.5. The molecule has 2 atom stereocenters. The molecule has 0 amide bonds. The number of nitrogens with one attached hydrogen (secondary N) is 1. The molecule has 1 aromatic heterocycles. The zero-order valence-electron chi connectivity index (χ0n) is 22.8. The van der Waals surface area contributed by atoms with Gasteiger partial charge in [-0.2, -0.15) is 23.1 Å². The van der Waals surface area contributed by atoms with Gasteiger partial charge in [-0.1, -0.05) is 61.9 Å². The van der Waals surface area contributed by atoms with Crippen molar-refractivity contribution in [2.45, 2.75) is 57.3 Å². The van der Waals surface area contributed by atoms with Crippen LogP contribution in [-0.2, 0) is 11.2 Å². The SMILES string of the molecule is CCCc1ccc(-c2ccc([C@@H](Oc3cc(N4CCC5(CC4)CN[C@H](C(=O)O)C5)nc(N)n3)C(F)(F)F)cc2)cc1. The van der Waals surface area contributed by atoms with Crippen LogP contribution in [0.2, 0.25) is 0 Å². The Morgan fingerprint density at radius 3 is 2.32 bits per heavy atom. The van der Waals surface area contributed by atoms with Crippen LogP contribution in [0, 0.1) is 5.41 Å². The highest BCUT2D eigenvalue weighted by molar-refractivity contribution is 5.74. The quantitative estimate of drug-likeness (QED) is 0.331. The number of hydrogen-bond acceptors (Lipinski definition) is 7. The van der Waals surface area contributed by atoms with E-state index in [9.17, 15) is 23.1 Å². The smallest absolute Gasteiger partial charge is 0.429 e. The van der Waals surface area contributed by atoms with Crippen LogP contribution < -0.4 is 20.7 Å². The normalized spacial score (nSPS) is 19.3. The van der Waals surface area contributed by atoms with Crippen molar-refractivity contribution in [2.24, 2.45) is 5.41 Å². The number of hydrogen-bond donors (Lipinski definition) is 3. The number of benzene rings is 2. The van der Waals surface area contributed by atoms with Gasteiger partial charge in [0.2, 0.25) is 17.9 Å². The van der Waals surface area contributed by atoms with Crippen molar-refractivity contribution in [1.29, 1.82) is 0 Å². The molecule has 41 heavy (non-hydrogen) atoms. The van der Waals surface area contributed by atoms with Crippen LogP contribution in [0.25, 0.3) is 11.1 Å². The van der Waals surface area contributed by atoms with Crippen molar-refractivity contribution in [3.8, 4) is 17.0 Å². The summed E-state index contributed by atoms with van der Waals surface area (Å²) in [4.78, 5) is 21.5. The largest absolute Gasteiger partial charge is 0.480 e. The molecule has 2 saturated heterocycles. The molecule has 3 aromatic rings. The molecular weight excluding hydrogens is 535 g/mol. The highest BCUT2D eigenvalue weighted by atomic mass is 19.4. The number of carboxylic acids is 1. The van der Waals surface area contributed by atoms with E-state index in [1.165, 1.54) is 23.8 Å². The Morgan fingerprint density at radius 1 is 1.12 bits per heavy atom. The summed E-state index contributed by atoms with van der Waals surface area (Å²) in [6.07, 6.45) is -2.93. The van der Waals surface area contributed by atoms with Gasteiger partial charge in [0.25, 0.3) is 0 Å². The highest BCUT2D eigenvalue weighted by Gasteiger charge is 2.45. The third kappa shape index (κ3) is 6.56. The second kappa shape index (κ2) is 11.6. The lowest BCUT2D eigenvalue weighted by atomic mass is 9.76. The van der Waals surface area contributed by atoms with E-state index in [4.69, 9.17) is 10.5 Å². The summed E-state index contributed by atoms with van der Waals surface area (Å²) < 4.78 is 48.0. The number of aliphatic carboxylic acids is 1. The van der Waals surface area contributed by atoms with E-state index in [2.05, 4.69) is 22.2 Å². The number of aryl methyl sites for hydroxylation is 1. The Balaban J connectivity index is 1.30. The van der Waals surface area contributed by atoms with Gasteiger partial charge < -0.3 is 25.8 Å². The molecule has 2 aliphatic rings. The zero-order valence-corrected chi connectivity index (χ0v) is 22.8. The number of aromatic nitrogens is 2. The standard InChI is InChI=1S/C30H34F3N5O3/c1-2-3-19-4-6-20(7-5-19)21-8-10-22(11-9-21)26(30(31,32)33)41-25-16-24(36-28(34)37-25)38-14-12-29(13-15-38)17-23(27(39)40)35-18-29/h4-11,16,23,26,35H,2-3,12-15,17-18H2,1H3,(H,39,40)(H2,34,36,37)/t23-,26+/m0/s1. The number of piperidine rings is 1.